The van der Waals surface area contributed by atoms with Crippen molar-refractivity contribution in [3.05, 3.63) is 18.0 Å². The van der Waals surface area contributed by atoms with E-state index in [4.69, 9.17) is 5.26 Å². The molecule has 4 aliphatic rings. The molecule has 5 rings (SSSR count). The molecule has 0 amide bonds. The van der Waals surface area contributed by atoms with Gasteiger partial charge in [0.25, 0.3) is 0 Å². The van der Waals surface area contributed by atoms with E-state index in [-0.39, 0.29) is 11.3 Å². The lowest BCUT2D eigenvalue weighted by molar-refractivity contribution is -0.133. The fraction of sp³-hybridized carbons (Fsp3) is 0.800. The second-order valence-electron chi connectivity index (χ2n) is 11.4. The molecule has 4 aliphatic carbocycles. The summed E-state index contributed by atoms with van der Waals surface area (Å²) in [5.74, 6) is 4.15. The number of hydrogen-bond acceptors (Lipinski definition) is 4. The van der Waals surface area contributed by atoms with Gasteiger partial charge in [0, 0.05) is 12.1 Å². The molecule has 1 heterocycles. The maximum atomic E-state index is 13.3. The Bertz CT molecular complexity index is 868. The first kappa shape index (κ1) is 20.2. The molecular weight excluding hydrogens is 374 g/mol. The maximum Gasteiger partial charge on any atom is 0.157 e. The molecule has 0 saturated heterocycles. The lowest BCUT2D eigenvalue weighted by atomic mass is 9.49. The average Bonchev–Trinajstić information content (AvgIpc) is 3.30. The van der Waals surface area contributed by atoms with Crippen LogP contribution >= 0.6 is 0 Å². The normalized spacial score (nSPS) is 45.1. The molecule has 0 spiro atoms. The van der Waals surface area contributed by atoms with Gasteiger partial charge >= 0.3 is 0 Å². The zero-order valence-corrected chi connectivity index (χ0v) is 18.4. The molecule has 0 aliphatic heterocycles. The fourth-order valence-electron chi connectivity index (χ4n) is 8.39. The number of ketones is 1. The molecule has 4 saturated carbocycles. The zero-order chi connectivity index (χ0) is 21.1. The van der Waals surface area contributed by atoms with Crippen LogP contribution in [0.3, 0.4) is 0 Å². The summed E-state index contributed by atoms with van der Waals surface area (Å²) in [5.41, 5.74) is 0.179. The minimum absolute atomic E-state index is 0.121. The predicted octanol–water partition coefficient (Wildman–Crippen LogP) is 4.34. The van der Waals surface area contributed by atoms with Gasteiger partial charge in [-0.05, 0) is 99.7 Å². The van der Waals surface area contributed by atoms with E-state index in [2.05, 4.69) is 18.1 Å². The van der Waals surface area contributed by atoms with Crippen molar-refractivity contribution in [1.82, 2.24) is 9.78 Å². The van der Waals surface area contributed by atoms with E-state index in [1.807, 2.05) is 6.92 Å². The fourth-order valence-corrected chi connectivity index (χ4v) is 8.39. The number of aromatic nitrogens is 2. The molecule has 1 aromatic heterocycles. The van der Waals surface area contributed by atoms with Crippen LogP contribution in [-0.4, -0.2) is 26.3 Å². The summed E-state index contributed by atoms with van der Waals surface area (Å²) < 4.78 is 1.64. The molecule has 162 valence electrons. The molecule has 1 N–H and O–H groups in total. The Balaban J connectivity index is 1.30. The number of aliphatic hydroxyl groups is 1. The second-order valence-corrected chi connectivity index (χ2v) is 11.4. The lowest BCUT2D eigenvalue weighted by Crippen LogP contribution is -2.51. The second kappa shape index (κ2) is 7.19. The van der Waals surface area contributed by atoms with E-state index in [1.165, 1.54) is 38.3 Å². The summed E-state index contributed by atoms with van der Waals surface area (Å²) >= 11 is 0. The number of hydrogen-bond donors (Lipinski definition) is 1. The van der Waals surface area contributed by atoms with Crippen LogP contribution in [0.25, 0.3) is 0 Å². The predicted molar refractivity (Wildman–Crippen MR) is 113 cm³/mol. The van der Waals surface area contributed by atoms with Crippen molar-refractivity contribution in [1.29, 1.82) is 5.26 Å². The van der Waals surface area contributed by atoms with Crippen molar-refractivity contribution < 1.29 is 9.90 Å². The molecule has 5 heteroatoms. The summed E-state index contributed by atoms with van der Waals surface area (Å²) in [5, 5.41) is 23.8. The van der Waals surface area contributed by atoms with Crippen LogP contribution in [0.2, 0.25) is 0 Å². The van der Waals surface area contributed by atoms with Gasteiger partial charge in [0.15, 0.2) is 5.78 Å². The van der Waals surface area contributed by atoms with Gasteiger partial charge in [0.2, 0.25) is 0 Å². The third-order valence-electron chi connectivity index (χ3n) is 9.71. The zero-order valence-electron chi connectivity index (χ0n) is 18.4. The monoisotopic (exact) mass is 409 g/mol. The van der Waals surface area contributed by atoms with E-state index in [1.54, 1.807) is 10.9 Å². The molecule has 0 radical (unpaired) electrons. The van der Waals surface area contributed by atoms with Crippen molar-refractivity contribution in [2.75, 3.05) is 0 Å². The summed E-state index contributed by atoms with van der Waals surface area (Å²) in [6.45, 7) is 4.72. The molecule has 8 atom stereocenters. The van der Waals surface area contributed by atoms with Gasteiger partial charge in [-0.15, -0.1) is 0 Å². The van der Waals surface area contributed by atoms with Gasteiger partial charge in [-0.25, -0.2) is 0 Å². The highest BCUT2D eigenvalue weighted by molar-refractivity contribution is 5.82. The van der Waals surface area contributed by atoms with Gasteiger partial charge in [0.05, 0.1) is 23.9 Å². The third kappa shape index (κ3) is 3.23. The Morgan fingerprint density at radius 3 is 2.73 bits per heavy atom. The van der Waals surface area contributed by atoms with E-state index in [9.17, 15) is 9.90 Å². The van der Waals surface area contributed by atoms with Crippen LogP contribution in [-0.2, 0) is 11.3 Å². The summed E-state index contributed by atoms with van der Waals surface area (Å²) in [4.78, 5) is 13.3. The van der Waals surface area contributed by atoms with Crippen molar-refractivity contribution in [2.45, 2.75) is 83.8 Å². The molecule has 1 aromatic rings. The van der Waals surface area contributed by atoms with E-state index in [0.29, 0.717) is 29.7 Å². The number of fused-ring (bicyclic) bond motifs is 5. The van der Waals surface area contributed by atoms with Crippen LogP contribution in [0.1, 0.15) is 77.2 Å². The van der Waals surface area contributed by atoms with Gasteiger partial charge in [-0.2, -0.15) is 10.4 Å². The van der Waals surface area contributed by atoms with Gasteiger partial charge < -0.3 is 5.11 Å². The van der Waals surface area contributed by atoms with Crippen molar-refractivity contribution >= 4 is 5.78 Å². The first-order valence-corrected chi connectivity index (χ1v) is 12.0. The molecule has 5 nitrogen and oxygen atoms in total. The molecule has 0 aromatic carbocycles. The van der Waals surface area contributed by atoms with Gasteiger partial charge in [-0.3, -0.25) is 9.48 Å². The van der Waals surface area contributed by atoms with E-state index < -0.39 is 5.60 Å². The number of Topliss-reactive ketones (excluding diaryl/α,β-unsaturated/α-hetero) is 1. The number of nitriles is 1. The Hall–Kier alpha value is -1.67. The quantitative estimate of drug-likeness (QED) is 0.805. The Morgan fingerprint density at radius 1 is 1.17 bits per heavy atom. The molecule has 30 heavy (non-hydrogen) atoms. The van der Waals surface area contributed by atoms with Crippen LogP contribution in [0.5, 0.6) is 0 Å². The minimum atomic E-state index is -0.458. The highest BCUT2D eigenvalue weighted by Crippen LogP contribution is 2.64. The SMILES string of the molecule is C[C@]1(O)CC[C@@H]2[C@H](CC[C@@H]3[C@@H]2CC[C@]2(C)[C@@H](C(=O)Cn4cc(C#N)cn4)CC[C@@H]32)C1. The van der Waals surface area contributed by atoms with Gasteiger partial charge in [-0.1, -0.05) is 6.92 Å². The summed E-state index contributed by atoms with van der Waals surface area (Å²) in [6, 6.07) is 2.09. The van der Waals surface area contributed by atoms with Crippen molar-refractivity contribution in [3.63, 3.8) is 0 Å². The molecular formula is C25H35N3O2. The number of rotatable bonds is 3. The summed E-state index contributed by atoms with van der Waals surface area (Å²) in [7, 11) is 0. The minimum Gasteiger partial charge on any atom is -0.390 e. The highest BCUT2D eigenvalue weighted by atomic mass is 16.3. The largest absolute Gasteiger partial charge is 0.390 e. The molecule has 4 fully saturated rings. The first-order valence-electron chi connectivity index (χ1n) is 12.0. The van der Waals surface area contributed by atoms with Crippen LogP contribution in [0.15, 0.2) is 12.4 Å². The van der Waals surface area contributed by atoms with Crippen molar-refractivity contribution in [2.24, 2.45) is 40.9 Å². The standard InChI is InChI=1S/C25H35N3O2/c1-24(30)9-7-18-17(11-24)3-4-20-19(18)8-10-25(2)21(20)5-6-22(25)23(29)15-28-14-16(12-26)13-27-28/h13-14,17-22,30H,3-11,15H2,1-2H3/t17-,18-,19-,20-,21+,22-,24+,25+/m1/s1. The third-order valence-corrected chi connectivity index (χ3v) is 9.71. The van der Waals surface area contributed by atoms with Crippen molar-refractivity contribution in [3.8, 4) is 6.07 Å². The van der Waals surface area contributed by atoms with Crippen LogP contribution in [0.4, 0.5) is 0 Å². The average molecular weight is 410 g/mol. The number of nitrogens with zero attached hydrogens (tertiary/aromatic N) is 3. The Kier molecular flexibility index (Phi) is 4.85. The number of carbonyl (C=O) groups is 1. The number of carbonyl (C=O) groups excluding carboxylic acids is 1. The Labute approximate surface area is 179 Å². The highest BCUT2D eigenvalue weighted by Gasteiger charge is 2.58. The van der Waals surface area contributed by atoms with E-state index >= 15 is 0 Å². The molecule has 0 bridgehead atoms. The van der Waals surface area contributed by atoms with E-state index in [0.717, 1.165) is 43.4 Å². The maximum absolute atomic E-state index is 13.3. The Morgan fingerprint density at radius 2 is 1.97 bits per heavy atom. The smallest absolute Gasteiger partial charge is 0.157 e. The topological polar surface area (TPSA) is 78.9 Å². The van der Waals surface area contributed by atoms with Crippen LogP contribution in [0, 0.1) is 52.3 Å². The lowest BCUT2D eigenvalue weighted by Gasteiger charge is -2.56. The van der Waals surface area contributed by atoms with Crippen LogP contribution < -0.4 is 0 Å². The molecule has 0 unspecified atom stereocenters. The summed E-state index contributed by atoms with van der Waals surface area (Å²) in [6.07, 6.45) is 13.5. The first-order chi connectivity index (χ1) is 14.3. The van der Waals surface area contributed by atoms with Gasteiger partial charge in [0.1, 0.15) is 6.07 Å².